The molecule has 0 aliphatic rings. The van der Waals surface area contributed by atoms with E-state index in [1.807, 2.05) is 18.2 Å². The summed E-state index contributed by atoms with van der Waals surface area (Å²) in [7, 11) is -2.11. The summed E-state index contributed by atoms with van der Waals surface area (Å²) >= 11 is 0. The fourth-order valence-electron chi connectivity index (χ4n) is 3.22. The standard InChI is InChI=1S/C16H21FN2Si/c1-12(2)20(13(3)4,16-18-10-5-11-19-16)15-8-6-14(17)7-9-15/h5-13H,1-4H3. The summed E-state index contributed by atoms with van der Waals surface area (Å²) in [4.78, 5) is 9.10. The highest BCUT2D eigenvalue weighted by Gasteiger charge is 2.46. The Morgan fingerprint density at radius 2 is 1.40 bits per heavy atom. The highest BCUT2D eigenvalue weighted by Crippen LogP contribution is 2.30. The molecule has 0 saturated carbocycles. The quantitative estimate of drug-likeness (QED) is 0.808. The van der Waals surface area contributed by atoms with Gasteiger partial charge < -0.3 is 0 Å². The third-order valence-corrected chi connectivity index (χ3v) is 10.0. The molecule has 1 aromatic carbocycles. The Labute approximate surface area is 121 Å². The van der Waals surface area contributed by atoms with Gasteiger partial charge in [-0.15, -0.1) is 0 Å². The van der Waals surface area contributed by atoms with Gasteiger partial charge in [-0.3, -0.25) is 0 Å². The lowest BCUT2D eigenvalue weighted by atomic mass is 10.3. The van der Waals surface area contributed by atoms with Crippen LogP contribution in [0.2, 0.25) is 11.1 Å². The van der Waals surface area contributed by atoms with Gasteiger partial charge in [0.15, 0.2) is 8.07 Å². The van der Waals surface area contributed by atoms with Gasteiger partial charge in [0, 0.05) is 12.4 Å². The molecular formula is C16H21FN2Si. The van der Waals surface area contributed by atoms with E-state index >= 15 is 0 Å². The van der Waals surface area contributed by atoms with Gasteiger partial charge in [-0.1, -0.05) is 39.8 Å². The fraction of sp³-hybridized carbons (Fsp3) is 0.375. The Bertz CT molecular complexity index is 544. The second kappa shape index (κ2) is 5.83. The van der Waals surface area contributed by atoms with E-state index in [1.165, 1.54) is 5.19 Å². The summed E-state index contributed by atoms with van der Waals surface area (Å²) in [6.07, 6.45) is 3.61. The lowest BCUT2D eigenvalue weighted by Crippen LogP contribution is -2.64. The van der Waals surface area contributed by atoms with E-state index in [2.05, 4.69) is 37.7 Å². The van der Waals surface area contributed by atoms with E-state index in [4.69, 9.17) is 0 Å². The third-order valence-electron chi connectivity index (χ3n) is 4.08. The summed E-state index contributed by atoms with van der Waals surface area (Å²) in [5, 5.41) is 1.20. The van der Waals surface area contributed by atoms with E-state index < -0.39 is 8.07 Å². The minimum Gasteiger partial charge on any atom is -0.246 e. The normalized spacial score (nSPS) is 12.2. The topological polar surface area (TPSA) is 25.8 Å². The highest BCUT2D eigenvalue weighted by molar-refractivity contribution is 7.03. The molecule has 20 heavy (non-hydrogen) atoms. The van der Waals surface area contributed by atoms with Crippen molar-refractivity contribution in [3.8, 4) is 0 Å². The molecule has 0 unspecified atom stereocenters. The van der Waals surface area contributed by atoms with Crippen molar-refractivity contribution in [2.75, 3.05) is 0 Å². The monoisotopic (exact) mass is 288 g/mol. The zero-order chi connectivity index (χ0) is 14.8. The van der Waals surface area contributed by atoms with Crippen LogP contribution in [-0.4, -0.2) is 18.0 Å². The minimum absolute atomic E-state index is 0.196. The number of halogens is 1. The Kier molecular flexibility index (Phi) is 4.33. The zero-order valence-electron chi connectivity index (χ0n) is 12.5. The van der Waals surface area contributed by atoms with Gasteiger partial charge in [-0.2, -0.15) is 0 Å². The highest BCUT2D eigenvalue weighted by atomic mass is 28.3. The van der Waals surface area contributed by atoms with Crippen LogP contribution >= 0.6 is 0 Å². The molecule has 0 bridgehead atoms. The average molecular weight is 288 g/mol. The summed E-state index contributed by atoms with van der Waals surface area (Å²) in [6.45, 7) is 8.91. The second-order valence-electron chi connectivity index (χ2n) is 5.76. The molecule has 0 atom stereocenters. The predicted molar refractivity (Wildman–Crippen MR) is 83.7 cm³/mol. The molecule has 2 nitrogen and oxygen atoms in total. The molecule has 0 fully saturated rings. The van der Waals surface area contributed by atoms with Crippen LogP contribution in [0, 0.1) is 5.82 Å². The van der Waals surface area contributed by atoms with Crippen molar-refractivity contribution in [2.24, 2.45) is 0 Å². The molecule has 2 aromatic rings. The molecule has 0 aliphatic heterocycles. The van der Waals surface area contributed by atoms with Crippen LogP contribution in [0.1, 0.15) is 27.7 Å². The fourth-order valence-corrected chi connectivity index (χ4v) is 8.47. The summed E-state index contributed by atoms with van der Waals surface area (Å²) < 4.78 is 13.3. The van der Waals surface area contributed by atoms with Crippen LogP contribution in [-0.2, 0) is 0 Å². The van der Waals surface area contributed by atoms with E-state index in [0.717, 1.165) is 5.45 Å². The smallest absolute Gasteiger partial charge is 0.170 e. The van der Waals surface area contributed by atoms with Crippen LogP contribution in [0.5, 0.6) is 0 Å². The molecule has 0 amide bonds. The largest absolute Gasteiger partial charge is 0.246 e. The molecule has 0 aliphatic carbocycles. The van der Waals surface area contributed by atoms with Crippen molar-refractivity contribution < 1.29 is 4.39 Å². The maximum absolute atomic E-state index is 13.3. The van der Waals surface area contributed by atoms with E-state index in [0.29, 0.717) is 11.1 Å². The zero-order valence-corrected chi connectivity index (χ0v) is 13.5. The van der Waals surface area contributed by atoms with Crippen molar-refractivity contribution in [3.05, 3.63) is 48.5 Å². The first kappa shape index (κ1) is 14.8. The van der Waals surface area contributed by atoms with Crippen molar-refractivity contribution in [1.82, 2.24) is 9.97 Å². The molecule has 1 aromatic heterocycles. The van der Waals surface area contributed by atoms with Gasteiger partial charge in [-0.25, -0.2) is 14.4 Å². The van der Waals surface area contributed by atoms with E-state index in [-0.39, 0.29) is 5.82 Å². The minimum atomic E-state index is -2.11. The number of hydrogen-bond donors (Lipinski definition) is 0. The Morgan fingerprint density at radius 3 is 1.85 bits per heavy atom. The maximum atomic E-state index is 13.3. The molecule has 0 radical (unpaired) electrons. The molecule has 106 valence electrons. The Hall–Kier alpha value is -1.55. The van der Waals surface area contributed by atoms with E-state index in [9.17, 15) is 4.39 Å². The SMILES string of the molecule is CC(C)[Si](c1ccc(F)cc1)(c1ncccn1)C(C)C. The van der Waals surface area contributed by atoms with Gasteiger partial charge in [0.05, 0.1) is 0 Å². The first-order chi connectivity index (χ1) is 9.49. The average Bonchev–Trinajstić information content (AvgIpc) is 2.42. The molecule has 0 N–H and O–H groups in total. The molecule has 2 rings (SSSR count). The molecule has 0 saturated heterocycles. The van der Waals surface area contributed by atoms with Crippen LogP contribution < -0.4 is 10.6 Å². The number of hydrogen-bond acceptors (Lipinski definition) is 2. The molecule has 4 heteroatoms. The summed E-state index contributed by atoms with van der Waals surface area (Å²) in [5.74, 6) is -0.196. The number of aromatic nitrogens is 2. The van der Waals surface area contributed by atoms with E-state index in [1.54, 1.807) is 24.5 Å². The first-order valence-electron chi connectivity index (χ1n) is 7.03. The van der Waals surface area contributed by atoms with Crippen LogP contribution in [0.25, 0.3) is 0 Å². The van der Waals surface area contributed by atoms with Gasteiger partial charge in [0.2, 0.25) is 0 Å². The van der Waals surface area contributed by atoms with Crippen LogP contribution in [0.3, 0.4) is 0 Å². The summed E-state index contributed by atoms with van der Waals surface area (Å²) in [6, 6.07) is 8.76. The van der Waals surface area contributed by atoms with Gasteiger partial charge >= 0.3 is 0 Å². The van der Waals surface area contributed by atoms with Crippen LogP contribution in [0.15, 0.2) is 42.7 Å². The van der Waals surface area contributed by atoms with Crippen molar-refractivity contribution in [2.45, 2.75) is 38.8 Å². The molecule has 0 spiro atoms. The lowest BCUT2D eigenvalue weighted by Gasteiger charge is -2.38. The number of rotatable bonds is 4. The maximum Gasteiger partial charge on any atom is 0.170 e. The third kappa shape index (κ3) is 2.40. The van der Waals surface area contributed by atoms with Crippen molar-refractivity contribution in [1.29, 1.82) is 0 Å². The van der Waals surface area contributed by atoms with Gasteiger partial charge in [0.25, 0.3) is 0 Å². The van der Waals surface area contributed by atoms with Crippen molar-refractivity contribution >= 4 is 18.7 Å². The Morgan fingerprint density at radius 1 is 0.900 bits per heavy atom. The second-order valence-corrected chi connectivity index (χ2v) is 10.8. The van der Waals surface area contributed by atoms with Crippen LogP contribution in [0.4, 0.5) is 4.39 Å². The number of benzene rings is 1. The van der Waals surface area contributed by atoms with Crippen molar-refractivity contribution in [3.63, 3.8) is 0 Å². The number of nitrogens with zero attached hydrogens (tertiary/aromatic N) is 2. The molecular weight excluding hydrogens is 267 g/mol. The van der Waals surface area contributed by atoms with Gasteiger partial charge in [-0.05, 0) is 34.5 Å². The summed E-state index contributed by atoms with van der Waals surface area (Å²) in [5.41, 5.74) is 1.82. The molecule has 1 heterocycles. The Balaban J connectivity index is 2.69. The first-order valence-corrected chi connectivity index (χ1v) is 9.18. The lowest BCUT2D eigenvalue weighted by molar-refractivity contribution is 0.628. The van der Waals surface area contributed by atoms with Gasteiger partial charge in [0.1, 0.15) is 11.3 Å². The predicted octanol–water partition coefficient (Wildman–Crippen LogP) is 3.00.